The van der Waals surface area contributed by atoms with Crippen LogP contribution in [0.4, 0.5) is 0 Å². The molecule has 2 aromatic heterocycles. The summed E-state index contributed by atoms with van der Waals surface area (Å²) >= 11 is 0. The molecule has 0 aliphatic heterocycles. The lowest BCUT2D eigenvalue weighted by Gasteiger charge is -1.94. The number of hydrogen-bond acceptors (Lipinski definition) is 4. The maximum absolute atomic E-state index is 11.4. The summed E-state index contributed by atoms with van der Waals surface area (Å²) in [7, 11) is 1.47. The smallest absolute Gasteiger partial charge is 0.329 e. The number of aliphatic carboxylic acids is 1. The first-order valence-electron chi connectivity index (χ1n) is 4.88. The maximum Gasteiger partial charge on any atom is 0.329 e. The number of carboxylic acid groups (broad SMARTS) is 1. The van der Waals surface area contributed by atoms with Crippen LogP contribution in [0.15, 0.2) is 9.59 Å². The molecule has 3 N–H and O–H groups in total. The number of H-pyrrole nitrogens is 2. The van der Waals surface area contributed by atoms with Gasteiger partial charge in [-0.1, -0.05) is 0 Å². The van der Waals surface area contributed by atoms with Gasteiger partial charge in [0.1, 0.15) is 11.3 Å². The van der Waals surface area contributed by atoms with Gasteiger partial charge in [0.2, 0.25) is 0 Å². The molecule has 0 fully saturated rings. The molecule has 8 heteroatoms. The van der Waals surface area contributed by atoms with Crippen molar-refractivity contribution >= 4 is 17.1 Å². The van der Waals surface area contributed by atoms with Gasteiger partial charge in [-0.05, 0) is 0 Å². The Morgan fingerprint density at radius 1 is 1.41 bits per heavy atom. The molecule has 8 nitrogen and oxygen atoms in total. The Balaban J connectivity index is 2.54. The van der Waals surface area contributed by atoms with Gasteiger partial charge < -0.3 is 10.1 Å². The lowest BCUT2D eigenvalue weighted by molar-refractivity contribution is -0.137. The molecule has 2 heterocycles. The van der Waals surface area contributed by atoms with Gasteiger partial charge in [0.15, 0.2) is 5.65 Å². The number of aryl methyl sites for hydroxylation is 2. The van der Waals surface area contributed by atoms with E-state index >= 15 is 0 Å². The molecule has 0 aromatic carbocycles. The second-order valence-electron chi connectivity index (χ2n) is 3.59. The van der Waals surface area contributed by atoms with Crippen LogP contribution in [0.2, 0.25) is 0 Å². The quantitative estimate of drug-likeness (QED) is 0.631. The van der Waals surface area contributed by atoms with Crippen molar-refractivity contribution in [2.24, 2.45) is 7.05 Å². The number of imidazole rings is 1. The molecule has 0 bridgehead atoms. The zero-order valence-corrected chi connectivity index (χ0v) is 8.98. The maximum atomic E-state index is 11.4. The Morgan fingerprint density at radius 2 is 2.12 bits per heavy atom. The van der Waals surface area contributed by atoms with E-state index in [1.807, 2.05) is 0 Å². The molecule has 0 aliphatic rings. The van der Waals surface area contributed by atoms with Crippen molar-refractivity contribution in [1.82, 2.24) is 19.5 Å². The van der Waals surface area contributed by atoms with E-state index in [1.54, 1.807) is 0 Å². The van der Waals surface area contributed by atoms with Crippen molar-refractivity contribution in [3.05, 3.63) is 26.7 Å². The van der Waals surface area contributed by atoms with E-state index in [1.165, 1.54) is 11.6 Å². The van der Waals surface area contributed by atoms with Gasteiger partial charge >= 0.3 is 11.7 Å². The SMILES string of the molecule is Cn1c(=O)[nH]c(=O)c2[nH]c(CCC(=O)O)nc21. The predicted molar refractivity (Wildman–Crippen MR) is 57.9 cm³/mol. The van der Waals surface area contributed by atoms with Gasteiger partial charge in [-0.2, -0.15) is 0 Å². The molecule has 2 aromatic rings. The number of nitrogens with zero attached hydrogens (tertiary/aromatic N) is 2. The molecule has 17 heavy (non-hydrogen) atoms. The first-order chi connectivity index (χ1) is 7.99. The highest BCUT2D eigenvalue weighted by molar-refractivity contribution is 5.70. The molecule has 0 spiro atoms. The summed E-state index contributed by atoms with van der Waals surface area (Å²) in [5, 5.41) is 8.54. The Labute approximate surface area is 93.9 Å². The highest BCUT2D eigenvalue weighted by Gasteiger charge is 2.11. The number of carbonyl (C=O) groups is 1. The second kappa shape index (κ2) is 3.89. The number of carboxylic acids is 1. The molecule has 0 unspecified atom stereocenters. The van der Waals surface area contributed by atoms with Gasteiger partial charge in [0.05, 0.1) is 6.42 Å². The normalized spacial score (nSPS) is 10.9. The third-order valence-electron chi connectivity index (χ3n) is 2.38. The first-order valence-corrected chi connectivity index (χ1v) is 4.88. The van der Waals surface area contributed by atoms with E-state index in [2.05, 4.69) is 15.0 Å². The minimum Gasteiger partial charge on any atom is -0.481 e. The van der Waals surface area contributed by atoms with E-state index < -0.39 is 17.2 Å². The van der Waals surface area contributed by atoms with Crippen molar-refractivity contribution in [3.8, 4) is 0 Å². The Morgan fingerprint density at radius 3 is 2.76 bits per heavy atom. The summed E-state index contributed by atoms with van der Waals surface area (Å²) < 4.78 is 1.19. The Hall–Kier alpha value is -2.38. The van der Waals surface area contributed by atoms with E-state index in [0.717, 1.165) is 0 Å². The monoisotopic (exact) mass is 238 g/mol. The van der Waals surface area contributed by atoms with E-state index in [0.29, 0.717) is 5.82 Å². The van der Waals surface area contributed by atoms with Crippen LogP contribution in [0, 0.1) is 0 Å². The van der Waals surface area contributed by atoms with Crippen molar-refractivity contribution in [2.45, 2.75) is 12.8 Å². The fraction of sp³-hybridized carbons (Fsp3) is 0.333. The third-order valence-corrected chi connectivity index (χ3v) is 2.38. The van der Waals surface area contributed by atoms with Crippen LogP contribution in [0.5, 0.6) is 0 Å². The van der Waals surface area contributed by atoms with Gasteiger partial charge in [0, 0.05) is 13.5 Å². The topological polar surface area (TPSA) is 121 Å². The zero-order chi connectivity index (χ0) is 12.6. The van der Waals surface area contributed by atoms with E-state index in [-0.39, 0.29) is 24.0 Å². The van der Waals surface area contributed by atoms with Crippen LogP contribution in [0.25, 0.3) is 11.2 Å². The van der Waals surface area contributed by atoms with Gasteiger partial charge in [-0.3, -0.25) is 19.1 Å². The van der Waals surface area contributed by atoms with Crippen LogP contribution in [-0.2, 0) is 18.3 Å². The van der Waals surface area contributed by atoms with E-state index in [4.69, 9.17) is 5.11 Å². The predicted octanol–water partition coefficient (Wildman–Crippen LogP) is -1.03. The highest BCUT2D eigenvalue weighted by atomic mass is 16.4. The Bertz CT molecular complexity index is 693. The number of nitrogens with one attached hydrogen (secondary N) is 2. The van der Waals surface area contributed by atoms with Crippen molar-refractivity contribution in [2.75, 3.05) is 0 Å². The molecule has 0 saturated heterocycles. The van der Waals surface area contributed by atoms with Crippen LogP contribution in [0.3, 0.4) is 0 Å². The summed E-state index contributed by atoms with van der Waals surface area (Å²) in [5.41, 5.74) is -0.720. The summed E-state index contributed by atoms with van der Waals surface area (Å²) in [6, 6.07) is 0. The average Bonchev–Trinajstić information content (AvgIpc) is 2.68. The molecule has 0 radical (unpaired) electrons. The van der Waals surface area contributed by atoms with Crippen molar-refractivity contribution in [3.63, 3.8) is 0 Å². The number of fused-ring (bicyclic) bond motifs is 1. The minimum atomic E-state index is -0.951. The highest BCUT2D eigenvalue weighted by Crippen LogP contribution is 2.05. The fourth-order valence-corrected chi connectivity index (χ4v) is 1.50. The number of hydrogen-bond donors (Lipinski definition) is 3. The molecular formula is C9H10N4O4. The third kappa shape index (κ3) is 1.96. The van der Waals surface area contributed by atoms with Gasteiger partial charge in [-0.25, -0.2) is 9.78 Å². The van der Waals surface area contributed by atoms with Crippen LogP contribution in [-0.4, -0.2) is 30.6 Å². The van der Waals surface area contributed by atoms with Crippen molar-refractivity contribution in [1.29, 1.82) is 0 Å². The molecule has 0 saturated carbocycles. The van der Waals surface area contributed by atoms with Crippen LogP contribution >= 0.6 is 0 Å². The van der Waals surface area contributed by atoms with E-state index in [9.17, 15) is 14.4 Å². The van der Waals surface area contributed by atoms with Crippen LogP contribution in [0.1, 0.15) is 12.2 Å². The summed E-state index contributed by atoms with van der Waals surface area (Å²) in [4.78, 5) is 42.0. The molecule has 90 valence electrons. The van der Waals surface area contributed by atoms with Crippen LogP contribution < -0.4 is 11.2 Å². The number of aromatic nitrogens is 4. The number of aromatic amines is 2. The minimum absolute atomic E-state index is 0.0916. The summed E-state index contributed by atoms with van der Waals surface area (Å²) in [6.07, 6.45) is 0.0866. The average molecular weight is 238 g/mol. The lowest BCUT2D eigenvalue weighted by atomic mass is 10.3. The molecule has 0 amide bonds. The second-order valence-corrected chi connectivity index (χ2v) is 3.59. The Kier molecular flexibility index (Phi) is 2.54. The molecule has 0 atom stereocenters. The molecule has 0 aliphatic carbocycles. The van der Waals surface area contributed by atoms with Gasteiger partial charge in [-0.15, -0.1) is 0 Å². The van der Waals surface area contributed by atoms with Crippen molar-refractivity contribution < 1.29 is 9.90 Å². The zero-order valence-electron chi connectivity index (χ0n) is 8.98. The summed E-state index contributed by atoms with van der Waals surface area (Å²) in [6.45, 7) is 0. The largest absolute Gasteiger partial charge is 0.481 e. The van der Waals surface area contributed by atoms with Gasteiger partial charge in [0.25, 0.3) is 5.56 Å². The summed E-state index contributed by atoms with van der Waals surface area (Å²) in [5.74, 6) is -0.581. The standard InChI is InChI=1S/C9H10N4O4/c1-13-7-6(8(16)12-9(13)17)10-4(11-7)2-3-5(14)15/h2-3H2,1H3,(H,10,11)(H,14,15)(H,12,16,17). The lowest BCUT2D eigenvalue weighted by Crippen LogP contribution is -2.28. The number of rotatable bonds is 3. The molecular weight excluding hydrogens is 228 g/mol. The first kappa shape index (κ1) is 11.1. The molecule has 2 rings (SSSR count). The fourth-order valence-electron chi connectivity index (χ4n) is 1.50.